The molecule has 3 amide bonds. The number of nitrogens with zero attached hydrogens (tertiary/aromatic N) is 1. The SMILES string of the molecule is CCOc1ccc(C=C2NC(=O)N(CC(=O)OC)C2=O)cc1OC. The van der Waals surface area contributed by atoms with Gasteiger partial charge in [0.15, 0.2) is 11.5 Å². The molecule has 24 heavy (non-hydrogen) atoms. The van der Waals surface area contributed by atoms with Crippen LogP contribution in [0.25, 0.3) is 6.08 Å². The number of carbonyl (C=O) groups is 3. The van der Waals surface area contributed by atoms with E-state index in [-0.39, 0.29) is 5.70 Å². The third-order valence-corrected chi connectivity index (χ3v) is 3.28. The molecule has 8 heteroatoms. The second-order valence-corrected chi connectivity index (χ2v) is 4.80. The Morgan fingerprint density at radius 3 is 2.62 bits per heavy atom. The lowest BCUT2D eigenvalue weighted by molar-refractivity contribution is -0.143. The van der Waals surface area contributed by atoms with Gasteiger partial charge in [0.2, 0.25) is 0 Å². The minimum Gasteiger partial charge on any atom is -0.493 e. The highest BCUT2D eigenvalue weighted by Crippen LogP contribution is 2.29. The van der Waals surface area contributed by atoms with Gasteiger partial charge in [-0.1, -0.05) is 6.07 Å². The fourth-order valence-electron chi connectivity index (χ4n) is 2.12. The fourth-order valence-corrected chi connectivity index (χ4v) is 2.12. The van der Waals surface area contributed by atoms with E-state index in [0.717, 1.165) is 4.90 Å². The number of methoxy groups -OCH3 is 2. The summed E-state index contributed by atoms with van der Waals surface area (Å²) in [5.41, 5.74) is 0.703. The van der Waals surface area contributed by atoms with Crippen LogP contribution in [0.1, 0.15) is 12.5 Å². The average molecular weight is 334 g/mol. The maximum absolute atomic E-state index is 12.2. The topological polar surface area (TPSA) is 94.2 Å². The summed E-state index contributed by atoms with van der Waals surface area (Å²) in [6.45, 7) is 1.91. The van der Waals surface area contributed by atoms with E-state index in [1.807, 2.05) is 6.92 Å². The summed E-state index contributed by atoms with van der Waals surface area (Å²) in [6, 6.07) is 4.44. The second-order valence-electron chi connectivity index (χ2n) is 4.80. The molecule has 0 unspecified atom stereocenters. The molecule has 1 aromatic carbocycles. The van der Waals surface area contributed by atoms with Gasteiger partial charge in [0.25, 0.3) is 5.91 Å². The molecule has 1 fully saturated rings. The largest absolute Gasteiger partial charge is 0.493 e. The highest BCUT2D eigenvalue weighted by molar-refractivity contribution is 6.15. The number of imide groups is 1. The minimum atomic E-state index is -0.678. The van der Waals surface area contributed by atoms with Crippen molar-refractivity contribution in [2.24, 2.45) is 0 Å². The van der Waals surface area contributed by atoms with Gasteiger partial charge in [-0.05, 0) is 30.7 Å². The Bertz CT molecular complexity index is 698. The molecule has 1 aliphatic rings. The van der Waals surface area contributed by atoms with Gasteiger partial charge in [-0.3, -0.25) is 9.59 Å². The first-order valence-corrected chi connectivity index (χ1v) is 7.22. The molecule has 128 valence electrons. The Labute approximate surface area is 139 Å². The summed E-state index contributed by atoms with van der Waals surface area (Å²) < 4.78 is 15.1. The first-order chi connectivity index (χ1) is 11.5. The number of benzene rings is 1. The van der Waals surface area contributed by atoms with Crippen molar-refractivity contribution in [3.63, 3.8) is 0 Å². The van der Waals surface area contributed by atoms with Gasteiger partial charge >= 0.3 is 12.0 Å². The van der Waals surface area contributed by atoms with Crippen molar-refractivity contribution in [1.82, 2.24) is 10.2 Å². The van der Waals surface area contributed by atoms with E-state index in [2.05, 4.69) is 10.1 Å². The lowest BCUT2D eigenvalue weighted by atomic mass is 10.1. The highest BCUT2D eigenvalue weighted by atomic mass is 16.5. The number of rotatable bonds is 6. The Morgan fingerprint density at radius 1 is 1.25 bits per heavy atom. The number of amides is 3. The quantitative estimate of drug-likeness (QED) is 0.477. The summed E-state index contributed by atoms with van der Waals surface area (Å²) in [7, 11) is 2.69. The van der Waals surface area contributed by atoms with Crippen molar-refractivity contribution in [3.8, 4) is 11.5 Å². The summed E-state index contributed by atoms with van der Waals surface area (Å²) in [5, 5.41) is 2.43. The van der Waals surface area contributed by atoms with Crippen LogP contribution in [0, 0.1) is 0 Å². The van der Waals surface area contributed by atoms with Crippen molar-refractivity contribution in [1.29, 1.82) is 0 Å². The zero-order valence-corrected chi connectivity index (χ0v) is 13.6. The van der Waals surface area contributed by atoms with Gasteiger partial charge in [-0.15, -0.1) is 0 Å². The zero-order chi connectivity index (χ0) is 17.7. The molecule has 1 N–H and O–H groups in total. The number of hydrogen-bond acceptors (Lipinski definition) is 6. The second kappa shape index (κ2) is 7.49. The van der Waals surface area contributed by atoms with E-state index in [0.29, 0.717) is 23.7 Å². The fraction of sp³-hybridized carbons (Fsp3) is 0.312. The summed E-state index contributed by atoms with van der Waals surface area (Å²) in [5.74, 6) is -0.189. The van der Waals surface area contributed by atoms with Gasteiger partial charge in [0, 0.05) is 0 Å². The van der Waals surface area contributed by atoms with Crippen molar-refractivity contribution in [3.05, 3.63) is 29.5 Å². The van der Waals surface area contributed by atoms with Crippen molar-refractivity contribution >= 4 is 24.0 Å². The third-order valence-electron chi connectivity index (χ3n) is 3.28. The maximum atomic E-state index is 12.2. The molecule has 0 aliphatic carbocycles. The van der Waals surface area contributed by atoms with Gasteiger partial charge in [-0.25, -0.2) is 9.69 Å². The predicted octanol–water partition coefficient (Wildman–Crippen LogP) is 1.16. The third kappa shape index (κ3) is 3.65. The molecule has 0 aromatic heterocycles. The normalized spacial score (nSPS) is 15.5. The molecule has 0 radical (unpaired) electrons. The van der Waals surface area contributed by atoms with E-state index in [9.17, 15) is 14.4 Å². The average Bonchev–Trinajstić information content (AvgIpc) is 2.83. The van der Waals surface area contributed by atoms with Gasteiger partial charge in [0.1, 0.15) is 12.2 Å². The number of esters is 1. The number of urea groups is 1. The maximum Gasteiger partial charge on any atom is 0.329 e. The monoisotopic (exact) mass is 334 g/mol. The van der Waals surface area contributed by atoms with Crippen molar-refractivity contribution in [2.75, 3.05) is 27.4 Å². The smallest absolute Gasteiger partial charge is 0.329 e. The van der Waals surface area contributed by atoms with Crippen LogP contribution in [-0.4, -0.2) is 50.2 Å². The molecular weight excluding hydrogens is 316 g/mol. The van der Waals surface area contributed by atoms with Crippen LogP contribution in [0.5, 0.6) is 11.5 Å². The Kier molecular flexibility index (Phi) is 5.41. The van der Waals surface area contributed by atoms with Crippen molar-refractivity contribution in [2.45, 2.75) is 6.92 Å². The number of hydrogen-bond donors (Lipinski definition) is 1. The van der Waals surface area contributed by atoms with Gasteiger partial charge in [0.05, 0.1) is 20.8 Å². The molecule has 0 saturated carbocycles. The van der Waals surface area contributed by atoms with Crippen LogP contribution in [0.15, 0.2) is 23.9 Å². The Morgan fingerprint density at radius 2 is 2.00 bits per heavy atom. The first kappa shape index (κ1) is 17.3. The lowest BCUT2D eigenvalue weighted by Crippen LogP contribution is -2.36. The lowest BCUT2D eigenvalue weighted by Gasteiger charge is -2.10. The van der Waals surface area contributed by atoms with Crippen molar-refractivity contribution < 1.29 is 28.6 Å². The Hall–Kier alpha value is -3.03. The number of ether oxygens (including phenoxy) is 3. The van der Waals surface area contributed by atoms with Gasteiger partial charge in [-0.2, -0.15) is 0 Å². The molecular formula is C16H18N2O6. The van der Waals surface area contributed by atoms with E-state index in [1.165, 1.54) is 20.3 Å². The molecule has 1 heterocycles. The molecule has 8 nitrogen and oxygen atoms in total. The Balaban J connectivity index is 2.24. The molecule has 1 aromatic rings. The number of nitrogens with one attached hydrogen (secondary N) is 1. The zero-order valence-electron chi connectivity index (χ0n) is 13.6. The summed E-state index contributed by atoms with van der Waals surface area (Å²) in [6.07, 6.45) is 1.50. The standard InChI is InChI=1S/C16H18N2O6/c1-4-24-12-6-5-10(8-13(12)22-2)7-11-15(20)18(16(21)17-11)9-14(19)23-3/h5-8H,4,9H2,1-3H3,(H,17,21). The van der Waals surface area contributed by atoms with Gasteiger partial charge < -0.3 is 19.5 Å². The van der Waals surface area contributed by atoms with E-state index < -0.39 is 24.5 Å². The molecule has 0 atom stereocenters. The van der Waals surface area contributed by atoms with Crippen LogP contribution >= 0.6 is 0 Å². The summed E-state index contributed by atoms with van der Waals surface area (Å²) in [4.78, 5) is 36.0. The minimum absolute atomic E-state index is 0.0649. The molecule has 1 aliphatic heterocycles. The van der Waals surface area contributed by atoms with E-state index in [4.69, 9.17) is 9.47 Å². The predicted molar refractivity (Wildman–Crippen MR) is 84.4 cm³/mol. The molecule has 0 bridgehead atoms. The summed E-state index contributed by atoms with van der Waals surface area (Å²) >= 11 is 0. The molecule has 1 saturated heterocycles. The van der Waals surface area contributed by atoms with Crippen LogP contribution < -0.4 is 14.8 Å². The van der Waals surface area contributed by atoms with Crippen LogP contribution in [-0.2, 0) is 14.3 Å². The number of carbonyl (C=O) groups excluding carboxylic acids is 3. The molecule has 0 spiro atoms. The van der Waals surface area contributed by atoms with Crippen LogP contribution in [0.3, 0.4) is 0 Å². The van der Waals surface area contributed by atoms with Crippen LogP contribution in [0.4, 0.5) is 4.79 Å². The highest BCUT2D eigenvalue weighted by Gasteiger charge is 2.35. The first-order valence-electron chi connectivity index (χ1n) is 7.22. The molecule has 2 rings (SSSR count). The van der Waals surface area contributed by atoms with E-state index >= 15 is 0 Å². The van der Waals surface area contributed by atoms with E-state index in [1.54, 1.807) is 18.2 Å². The van der Waals surface area contributed by atoms with Crippen LogP contribution in [0.2, 0.25) is 0 Å².